The van der Waals surface area contributed by atoms with E-state index < -0.39 is 18.8 Å². The molecule has 2 N–H and O–H groups in total. The number of halogens is 3. The van der Waals surface area contributed by atoms with E-state index in [9.17, 15) is 18.0 Å². The number of amides is 1. The molecular formula is C15H19F3N2O3. The van der Waals surface area contributed by atoms with Crippen molar-refractivity contribution in [1.29, 1.82) is 0 Å². The fourth-order valence-electron chi connectivity index (χ4n) is 2.26. The highest BCUT2D eigenvalue weighted by Crippen LogP contribution is 2.26. The lowest BCUT2D eigenvalue weighted by molar-refractivity contribution is -0.207. The highest BCUT2D eigenvalue weighted by molar-refractivity contribution is 5.93. The van der Waals surface area contributed by atoms with Crippen LogP contribution in [0.1, 0.15) is 12.0 Å². The zero-order valence-electron chi connectivity index (χ0n) is 12.7. The number of nitrogens with one attached hydrogen (secondary N) is 1. The number of aryl methyl sites for hydroxylation is 1. The van der Waals surface area contributed by atoms with Crippen LogP contribution >= 0.6 is 0 Å². The summed E-state index contributed by atoms with van der Waals surface area (Å²) in [6.07, 6.45) is -5.91. The molecule has 0 radical (unpaired) electrons. The number of aliphatic hydroxyl groups is 1. The fraction of sp³-hybridized carbons (Fsp3) is 0.533. The third kappa shape index (κ3) is 5.11. The molecule has 1 aromatic carbocycles. The van der Waals surface area contributed by atoms with Gasteiger partial charge in [0, 0.05) is 25.2 Å². The van der Waals surface area contributed by atoms with Gasteiger partial charge >= 0.3 is 6.18 Å². The molecule has 128 valence electrons. The normalized spacial score (nSPS) is 16.0. The summed E-state index contributed by atoms with van der Waals surface area (Å²) in [4.78, 5) is 12.6. The summed E-state index contributed by atoms with van der Waals surface area (Å²) >= 11 is 0. The maximum absolute atomic E-state index is 12.2. The first kappa shape index (κ1) is 17.6. The number of hydrogen-bond acceptors (Lipinski definition) is 4. The molecule has 0 bridgehead atoms. The Labute approximate surface area is 132 Å². The van der Waals surface area contributed by atoms with Crippen molar-refractivity contribution in [2.45, 2.75) is 25.1 Å². The van der Waals surface area contributed by atoms with Crippen LogP contribution in [-0.2, 0) is 11.2 Å². The third-order valence-electron chi connectivity index (χ3n) is 3.58. The Morgan fingerprint density at radius 2 is 2.13 bits per heavy atom. The van der Waals surface area contributed by atoms with Gasteiger partial charge in [0.2, 0.25) is 5.91 Å². The molecule has 8 heteroatoms. The van der Waals surface area contributed by atoms with E-state index >= 15 is 0 Å². The van der Waals surface area contributed by atoms with E-state index in [1.165, 1.54) is 11.9 Å². The minimum absolute atomic E-state index is 0.0176. The van der Waals surface area contributed by atoms with Crippen molar-refractivity contribution in [3.63, 3.8) is 0 Å². The first-order valence-corrected chi connectivity index (χ1v) is 7.24. The van der Waals surface area contributed by atoms with E-state index in [0.29, 0.717) is 18.6 Å². The summed E-state index contributed by atoms with van der Waals surface area (Å²) < 4.78 is 42.3. The number of benzene rings is 1. The first-order valence-electron chi connectivity index (χ1n) is 7.24. The summed E-state index contributed by atoms with van der Waals surface area (Å²) in [7, 11) is 1.49. The van der Waals surface area contributed by atoms with Gasteiger partial charge in [-0.3, -0.25) is 4.79 Å². The number of rotatable bonds is 6. The zero-order valence-corrected chi connectivity index (χ0v) is 12.7. The minimum atomic E-state index is -4.61. The number of carbonyl (C=O) groups is 1. The molecule has 0 saturated carbocycles. The van der Waals surface area contributed by atoms with Gasteiger partial charge in [-0.1, -0.05) is 0 Å². The molecule has 1 aliphatic heterocycles. The molecule has 0 fully saturated rings. The van der Waals surface area contributed by atoms with Gasteiger partial charge in [0.1, 0.15) is 12.4 Å². The molecule has 1 aromatic rings. The van der Waals surface area contributed by atoms with Gasteiger partial charge in [0.05, 0.1) is 0 Å². The average molecular weight is 332 g/mol. The van der Waals surface area contributed by atoms with E-state index in [4.69, 9.17) is 9.84 Å². The molecule has 0 aromatic heterocycles. The van der Waals surface area contributed by atoms with Gasteiger partial charge in [-0.15, -0.1) is 0 Å². The fourth-order valence-corrected chi connectivity index (χ4v) is 2.26. The predicted octanol–water partition coefficient (Wildman–Crippen LogP) is 1.81. The van der Waals surface area contributed by atoms with E-state index in [1.807, 2.05) is 6.07 Å². The van der Waals surface area contributed by atoms with Crippen molar-refractivity contribution in [3.8, 4) is 5.75 Å². The lowest BCUT2D eigenvalue weighted by Crippen LogP contribution is -2.40. The maximum atomic E-state index is 12.2. The van der Waals surface area contributed by atoms with Crippen LogP contribution in [0.3, 0.4) is 0 Å². The van der Waals surface area contributed by atoms with E-state index in [1.54, 1.807) is 12.1 Å². The summed E-state index contributed by atoms with van der Waals surface area (Å²) in [5, 5.41) is 11.7. The van der Waals surface area contributed by atoms with Gasteiger partial charge < -0.3 is 20.1 Å². The Hall–Kier alpha value is -1.80. The Kier molecular flexibility index (Phi) is 5.48. The Morgan fingerprint density at radius 1 is 1.39 bits per heavy atom. The highest BCUT2D eigenvalue weighted by atomic mass is 19.4. The van der Waals surface area contributed by atoms with Crippen LogP contribution in [0.4, 0.5) is 18.9 Å². The first-order chi connectivity index (χ1) is 10.8. The number of ether oxygens (including phenoxy) is 1. The molecule has 0 aliphatic carbocycles. The number of aliphatic hydroxyl groups excluding tert-OH is 1. The number of alkyl halides is 3. The van der Waals surface area contributed by atoms with Gasteiger partial charge in [-0.25, -0.2) is 0 Å². The van der Waals surface area contributed by atoms with Crippen molar-refractivity contribution in [3.05, 3.63) is 23.8 Å². The lowest BCUT2D eigenvalue weighted by atomic mass is 10.0. The quantitative estimate of drug-likeness (QED) is 0.834. The molecule has 0 spiro atoms. The van der Waals surface area contributed by atoms with Gasteiger partial charge in [0.15, 0.2) is 6.10 Å². The second-order valence-electron chi connectivity index (χ2n) is 5.54. The van der Waals surface area contributed by atoms with Crippen LogP contribution in [0, 0.1) is 0 Å². The molecule has 0 saturated heterocycles. The smallest absolute Gasteiger partial charge is 0.415 e. The monoisotopic (exact) mass is 332 g/mol. The molecule has 1 amide bonds. The standard InChI is InChI=1S/C15H19F3N2O3/c1-20(9-13(21)15(16,17)18)6-7-23-11-3-4-12-10(8-11)2-5-14(22)19-12/h3-4,8,13,21H,2,5-7,9H2,1H3,(H,19,22). The van der Waals surface area contributed by atoms with Crippen LogP contribution in [0.15, 0.2) is 18.2 Å². The van der Waals surface area contributed by atoms with Gasteiger partial charge in [-0.2, -0.15) is 13.2 Å². The lowest BCUT2D eigenvalue weighted by Gasteiger charge is -2.22. The molecule has 23 heavy (non-hydrogen) atoms. The van der Waals surface area contributed by atoms with Crippen molar-refractivity contribution >= 4 is 11.6 Å². The van der Waals surface area contributed by atoms with Crippen molar-refractivity contribution in [1.82, 2.24) is 4.90 Å². The third-order valence-corrected chi connectivity index (χ3v) is 3.58. The molecule has 5 nitrogen and oxygen atoms in total. The second-order valence-corrected chi connectivity index (χ2v) is 5.54. The average Bonchev–Trinajstić information content (AvgIpc) is 2.46. The van der Waals surface area contributed by atoms with Gasteiger partial charge in [-0.05, 0) is 37.2 Å². The Balaban J connectivity index is 1.79. The van der Waals surface area contributed by atoms with Crippen molar-refractivity contribution < 1.29 is 27.8 Å². The molecule has 1 atom stereocenters. The predicted molar refractivity (Wildman–Crippen MR) is 78.4 cm³/mol. The summed E-state index contributed by atoms with van der Waals surface area (Å²) in [6.45, 7) is -0.0454. The van der Waals surface area contributed by atoms with Crippen LogP contribution < -0.4 is 10.1 Å². The highest BCUT2D eigenvalue weighted by Gasteiger charge is 2.38. The number of hydrogen-bond donors (Lipinski definition) is 2. The molecular weight excluding hydrogens is 313 g/mol. The van der Waals surface area contributed by atoms with Crippen LogP contribution in [-0.4, -0.2) is 54.9 Å². The van der Waals surface area contributed by atoms with Crippen LogP contribution in [0.25, 0.3) is 0 Å². The summed E-state index contributed by atoms with van der Waals surface area (Å²) in [5.41, 5.74) is 1.74. The number of anilines is 1. The number of likely N-dealkylation sites (N-methyl/N-ethyl adjacent to an activating group) is 1. The molecule has 1 heterocycles. The van der Waals surface area contributed by atoms with Gasteiger partial charge in [0.25, 0.3) is 0 Å². The summed E-state index contributed by atoms with van der Waals surface area (Å²) in [5.74, 6) is 0.584. The van der Waals surface area contributed by atoms with Crippen molar-refractivity contribution in [2.24, 2.45) is 0 Å². The van der Waals surface area contributed by atoms with Crippen LogP contribution in [0.2, 0.25) is 0 Å². The topological polar surface area (TPSA) is 61.8 Å². The van der Waals surface area contributed by atoms with E-state index in [2.05, 4.69) is 5.32 Å². The summed E-state index contributed by atoms with van der Waals surface area (Å²) in [6, 6.07) is 5.27. The number of nitrogens with zero attached hydrogens (tertiary/aromatic N) is 1. The molecule has 2 rings (SSSR count). The Bertz CT molecular complexity index is 563. The van der Waals surface area contributed by atoms with E-state index in [0.717, 1.165) is 11.3 Å². The van der Waals surface area contributed by atoms with Crippen LogP contribution in [0.5, 0.6) is 5.75 Å². The Morgan fingerprint density at radius 3 is 2.83 bits per heavy atom. The second kappa shape index (κ2) is 7.18. The van der Waals surface area contributed by atoms with Crippen molar-refractivity contribution in [2.75, 3.05) is 32.1 Å². The maximum Gasteiger partial charge on any atom is 0.415 e. The SMILES string of the molecule is CN(CCOc1ccc2c(c1)CCC(=O)N2)CC(O)C(F)(F)F. The molecule has 1 aliphatic rings. The van der Waals surface area contributed by atoms with E-state index in [-0.39, 0.29) is 19.1 Å². The minimum Gasteiger partial charge on any atom is -0.492 e. The number of carbonyl (C=O) groups excluding carboxylic acids is 1. The largest absolute Gasteiger partial charge is 0.492 e. The number of fused-ring (bicyclic) bond motifs is 1. The zero-order chi connectivity index (χ0) is 17.0. The molecule has 1 unspecified atom stereocenters.